The smallest absolute Gasteiger partial charge is 0.223 e. The summed E-state index contributed by atoms with van der Waals surface area (Å²) in [5, 5.41) is 6.77. The molecule has 4 heteroatoms. The Bertz CT molecular complexity index is 909. The van der Waals surface area contributed by atoms with Crippen molar-refractivity contribution in [3.05, 3.63) is 66.0 Å². The second kappa shape index (κ2) is 7.32. The number of nitrogens with zero attached hydrogens (tertiary/aromatic N) is 3. The quantitative estimate of drug-likeness (QED) is 0.705. The predicted octanol–water partition coefficient (Wildman–Crippen LogP) is 3.74. The molecule has 0 saturated carbocycles. The molecule has 4 rings (SSSR count). The first-order chi connectivity index (χ1) is 12.7. The number of benzene rings is 2. The zero-order chi connectivity index (χ0) is 17.9. The fourth-order valence-corrected chi connectivity index (χ4v) is 4.10. The van der Waals surface area contributed by atoms with Crippen molar-refractivity contribution in [1.82, 2.24) is 14.7 Å². The van der Waals surface area contributed by atoms with Gasteiger partial charge in [-0.1, -0.05) is 42.5 Å². The van der Waals surface area contributed by atoms with Crippen molar-refractivity contribution < 1.29 is 4.79 Å². The average molecular weight is 347 g/mol. The summed E-state index contributed by atoms with van der Waals surface area (Å²) < 4.78 is 1.79. The van der Waals surface area contributed by atoms with Crippen molar-refractivity contribution in [2.75, 3.05) is 6.54 Å². The molecule has 0 aliphatic carbocycles. The molecule has 3 aromatic rings. The number of likely N-dealkylation sites (tertiary alicyclic amines) is 1. The van der Waals surface area contributed by atoms with Gasteiger partial charge in [-0.2, -0.15) is 5.10 Å². The summed E-state index contributed by atoms with van der Waals surface area (Å²) >= 11 is 0. The first-order valence-corrected chi connectivity index (χ1v) is 9.44. The van der Waals surface area contributed by atoms with Crippen LogP contribution >= 0.6 is 0 Å². The van der Waals surface area contributed by atoms with E-state index in [4.69, 9.17) is 0 Å². The van der Waals surface area contributed by atoms with Crippen LogP contribution in [0.25, 0.3) is 10.8 Å². The molecule has 0 spiro atoms. The monoisotopic (exact) mass is 347 g/mol. The first kappa shape index (κ1) is 16.8. The fourth-order valence-electron chi connectivity index (χ4n) is 4.10. The van der Waals surface area contributed by atoms with Crippen LogP contribution in [0, 0.1) is 0 Å². The number of carbonyl (C=O) groups is 1. The molecule has 1 aliphatic heterocycles. The molecule has 2 aromatic carbocycles. The number of fused-ring (bicyclic) bond motifs is 1. The number of aryl methyl sites for hydroxylation is 2. The van der Waals surface area contributed by atoms with Crippen LogP contribution in [0.15, 0.2) is 54.9 Å². The maximum atomic E-state index is 12.8. The highest BCUT2D eigenvalue weighted by Crippen LogP contribution is 2.26. The molecule has 26 heavy (non-hydrogen) atoms. The van der Waals surface area contributed by atoms with E-state index in [0.717, 1.165) is 37.8 Å². The third kappa shape index (κ3) is 3.50. The second-order valence-electron chi connectivity index (χ2n) is 7.25. The van der Waals surface area contributed by atoms with Gasteiger partial charge in [-0.25, -0.2) is 0 Å². The van der Waals surface area contributed by atoms with E-state index in [1.165, 1.54) is 16.3 Å². The lowest BCUT2D eigenvalue weighted by Crippen LogP contribution is -2.37. The number of aromatic nitrogens is 2. The lowest BCUT2D eigenvalue weighted by Gasteiger charge is -2.25. The molecule has 1 amide bonds. The predicted molar refractivity (Wildman–Crippen MR) is 104 cm³/mol. The zero-order valence-electron chi connectivity index (χ0n) is 15.3. The van der Waals surface area contributed by atoms with Gasteiger partial charge < -0.3 is 4.90 Å². The Balaban J connectivity index is 1.45. The normalized spacial score (nSPS) is 17.1. The second-order valence-corrected chi connectivity index (χ2v) is 7.25. The third-order valence-electron chi connectivity index (χ3n) is 5.42. The van der Waals surface area contributed by atoms with Crippen molar-refractivity contribution in [2.45, 2.75) is 38.1 Å². The van der Waals surface area contributed by atoms with Crippen LogP contribution in [-0.2, 0) is 24.7 Å². The van der Waals surface area contributed by atoms with Crippen LogP contribution in [0.4, 0.5) is 0 Å². The molecule has 0 unspecified atom stereocenters. The minimum Gasteiger partial charge on any atom is -0.339 e. The van der Waals surface area contributed by atoms with Crippen molar-refractivity contribution in [3.8, 4) is 0 Å². The SMILES string of the molecule is Cn1cc(CCC(=O)N2CCC[C@H]2Cc2cccc3ccccc23)cn1. The minimum absolute atomic E-state index is 0.275. The lowest BCUT2D eigenvalue weighted by atomic mass is 9.97. The van der Waals surface area contributed by atoms with Gasteiger partial charge in [0.1, 0.15) is 0 Å². The van der Waals surface area contributed by atoms with Gasteiger partial charge in [0.05, 0.1) is 6.20 Å². The number of carbonyl (C=O) groups excluding carboxylic acids is 1. The van der Waals surface area contributed by atoms with Crippen LogP contribution in [0.2, 0.25) is 0 Å². The standard InChI is InChI=1S/C22H25N3O/c1-24-16-17(15-23-24)11-12-22(26)25-13-5-9-20(25)14-19-8-4-7-18-6-2-3-10-21(18)19/h2-4,6-8,10,15-16,20H,5,9,11-14H2,1H3/t20-/m0/s1. The van der Waals surface area contributed by atoms with Gasteiger partial charge in [-0.05, 0) is 47.6 Å². The van der Waals surface area contributed by atoms with Crippen LogP contribution in [0.3, 0.4) is 0 Å². The molecule has 2 heterocycles. The Morgan fingerprint density at radius 2 is 2.04 bits per heavy atom. The molecule has 1 fully saturated rings. The topological polar surface area (TPSA) is 38.1 Å². The van der Waals surface area contributed by atoms with Crippen LogP contribution in [-0.4, -0.2) is 33.2 Å². The van der Waals surface area contributed by atoms with E-state index >= 15 is 0 Å². The van der Waals surface area contributed by atoms with Gasteiger partial charge in [-0.15, -0.1) is 0 Å². The van der Waals surface area contributed by atoms with Gasteiger partial charge in [0.15, 0.2) is 0 Å². The molecule has 1 aliphatic rings. The number of hydrogen-bond acceptors (Lipinski definition) is 2. The summed E-state index contributed by atoms with van der Waals surface area (Å²) in [5.74, 6) is 0.275. The summed E-state index contributed by atoms with van der Waals surface area (Å²) in [7, 11) is 1.91. The molecule has 0 radical (unpaired) electrons. The van der Waals surface area contributed by atoms with Crippen molar-refractivity contribution in [2.24, 2.45) is 7.05 Å². The van der Waals surface area contributed by atoms with E-state index in [0.29, 0.717) is 12.5 Å². The fraction of sp³-hybridized carbons (Fsp3) is 0.364. The highest BCUT2D eigenvalue weighted by molar-refractivity contribution is 5.85. The zero-order valence-corrected chi connectivity index (χ0v) is 15.3. The number of rotatable bonds is 5. The third-order valence-corrected chi connectivity index (χ3v) is 5.42. The van der Waals surface area contributed by atoms with Crippen LogP contribution in [0.1, 0.15) is 30.4 Å². The summed E-state index contributed by atoms with van der Waals surface area (Å²) in [4.78, 5) is 14.9. The molecular formula is C22H25N3O. The average Bonchev–Trinajstić information content (AvgIpc) is 3.29. The Kier molecular flexibility index (Phi) is 4.74. The number of hydrogen-bond donors (Lipinski definition) is 0. The van der Waals surface area contributed by atoms with Crippen molar-refractivity contribution in [3.63, 3.8) is 0 Å². The molecule has 0 N–H and O–H groups in total. The molecule has 1 saturated heterocycles. The Morgan fingerprint density at radius 1 is 1.19 bits per heavy atom. The molecular weight excluding hydrogens is 322 g/mol. The van der Waals surface area contributed by atoms with E-state index < -0.39 is 0 Å². The highest BCUT2D eigenvalue weighted by Gasteiger charge is 2.28. The molecule has 1 atom stereocenters. The lowest BCUT2D eigenvalue weighted by molar-refractivity contribution is -0.131. The first-order valence-electron chi connectivity index (χ1n) is 9.44. The van der Waals surface area contributed by atoms with E-state index in [2.05, 4.69) is 52.5 Å². The minimum atomic E-state index is 0.275. The summed E-state index contributed by atoms with van der Waals surface area (Å²) in [6, 6.07) is 15.3. The van der Waals surface area contributed by atoms with Crippen molar-refractivity contribution in [1.29, 1.82) is 0 Å². The van der Waals surface area contributed by atoms with E-state index in [1.54, 1.807) is 4.68 Å². The Hall–Kier alpha value is -2.62. The van der Waals surface area contributed by atoms with Crippen molar-refractivity contribution >= 4 is 16.7 Å². The maximum absolute atomic E-state index is 12.8. The van der Waals surface area contributed by atoms with E-state index in [-0.39, 0.29) is 5.91 Å². The van der Waals surface area contributed by atoms with Gasteiger partial charge in [0.2, 0.25) is 5.91 Å². The highest BCUT2D eigenvalue weighted by atomic mass is 16.2. The summed E-state index contributed by atoms with van der Waals surface area (Å²) in [6.07, 6.45) is 8.33. The maximum Gasteiger partial charge on any atom is 0.223 e. The molecule has 0 bridgehead atoms. The summed E-state index contributed by atoms with van der Waals surface area (Å²) in [6.45, 7) is 0.890. The van der Waals surface area contributed by atoms with Gasteiger partial charge >= 0.3 is 0 Å². The van der Waals surface area contributed by atoms with Gasteiger partial charge in [0.25, 0.3) is 0 Å². The van der Waals surface area contributed by atoms with Gasteiger partial charge in [-0.3, -0.25) is 9.48 Å². The Morgan fingerprint density at radius 3 is 2.88 bits per heavy atom. The Labute approximate surface area is 154 Å². The molecule has 4 nitrogen and oxygen atoms in total. The molecule has 1 aromatic heterocycles. The van der Waals surface area contributed by atoms with E-state index in [9.17, 15) is 4.79 Å². The summed E-state index contributed by atoms with van der Waals surface area (Å²) in [5.41, 5.74) is 2.48. The van der Waals surface area contributed by atoms with Gasteiger partial charge in [0, 0.05) is 32.3 Å². The van der Waals surface area contributed by atoms with E-state index in [1.807, 2.05) is 19.4 Å². The largest absolute Gasteiger partial charge is 0.339 e. The molecule has 134 valence electrons. The van der Waals surface area contributed by atoms with Crippen LogP contribution in [0.5, 0.6) is 0 Å². The number of amides is 1. The van der Waals surface area contributed by atoms with Crippen LogP contribution < -0.4 is 0 Å².